The second kappa shape index (κ2) is 10.7. The second-order valence-electron chi connectivity index (χ2n) is 9.36. The van der Waals surface area contributed by atoms with Crippen LogP contribution in [-0.4, -0.2) is 27.8 Å². The molecule has 1 aromatic carbocycles. The normalized spacial score (nSPS) is 28.7. The van der Waals surface area contributed by atoms with Gasteiger partial charge in [-0.25, -0.2) is 4.79 Å². The van der Waals surface area contributed by atoms with Crippen LogP contribution in [0.5, 0.6) is 0 Å². The van der Waals surface area contributed by atoms with Gasteiger partial charge in [-0.1, -0.05) is 60.5 Å². The summed E-state index contributed by atoms with van der Waals surface area (Å²) in [6.45, 7) is 2.60. The lowest BCUT2D eigenvalue weighted by molar-refractivity contribution is 0.118. The molecule has 2 saturated carbocycles. The second-order valence-corrected chi connectivity index (χ2v) is 9.36. The lowest BCUT2D eigenvalue weighted by Gasteiger charge is -2.47. The Morgan fingerprint density at radius 2 is 1.81 bits per heavy atom. The summed E-state index contributed by atoms with van der Waals surface area (Å²) in [5.74, 6) is 2.02. The lowest BCUT2D eigenvalue weighted by Crippen LogP contribution is -2.36. The first-order valence-corrected chi connectivity index (χ1v) is 11.5. The van der Waals surface area contributed by atoms with Crippen LogP contribution in [0.2, 0.25) is 0 Å². The number of rotatable bonds is 1. The molecule has 0 saturated heterocycles. The standard InChI is InChI=1S/C18H26.C7H7NO.CH2O3/c1-18-11-4-7-17(18)16-9-8-13-5-2-3-6-14(13)15(16)10-12-18;9-8-6-7-4-2-1-3-5-7;2-1(3)4/h5,16-17H,2-4,6-12H2,1H3;1-6,9H;(H2,2,3,4)/t16?,17?,18-;;/m0../s1. The molecule has 3 atom stereocenters. The molecule has 5 rings (SSSR count). The van der Waals surface area contributed by atoms with Crippen LogP contribution in [0.3, 0.4) is 0 Å². The summed E-state index contributed by atoms with van der Waals surface area (Å²) in [7, 11) is 0. The molecule has 4 aliphatic rings. The topological polar surface area (TPSA) is 90.1 Å². The number of nitrogens with zero attached hydrogens (tertiary/aromatic N) is 1. The molecule has 0 aromatic heterocycles. The van der Waals surface area contributed by atoms with Gasteiger partial charge >= 0.3 is 6.16 Å². The first kappa shape index (κ1) is 23.1. The largest absolute Gasteiger partial charge is 0.503 e. The highest BCUT2D eigenvalue weighted by Crippen LogP contribution is 2.59. The van der Waals surface area contributed by atoms with Crippen molar-refractivity contribution in [3.05, 3.63) is 58.7 Å². The van der Waals surface area contributed by atoms with Gasteiger partial charge in [-0.2, -0.15) is 0 Å². The van der Waals surface area contributed by atoms with Gasteiger partial charge in [-0.3, -0.25) is 0 Å². The number of fused-ring (bicyclic) bond motifs is 4. The van der Waals surface area contributed by atoms with Gasteiger partial charge in [0, 0.05) is 0 Å². The minimum atomic E-state index is -1.83. The van der Waals surface area contributed by atoms with E-state index in [1.54, 1.807) is 5.57 Å². The Morgan fingerprint density at radius 1 is 1.06 bits per heavy atom. The van der Waals surface area contributed by atoms with E-state index in [0.29, 0.717) is 5.41 Å². The van der Waals surface area contributed by atoms with E-state index in [2.05, 4.69) is 18.2 Å². The quantitative estimate of drug-likeness (QED) is 0.254. The molecule has 3 N–H and O–H groups in total. The van der Waals surface area contributed by atoms with Crippen LogP contribution in [0, 0.1) is 17.3 Å². The van der Waals surface area contributed by atoms with Crippen LogP contribution < -0.4 is 0 Å². The minimum Gasteiger partial charge on any atom is -0.450 e. The van der Waals surface area contributed by atoms with Crippen LogP contribution >= 0.6 is 0 Å². The third-order valence-corrected chi connectivity index (χ3v) is 7.58. The highest BCUT2D eigenvalue weighted by molar-refractivity contribution is 5.78. The zero-order valence-corrected chi connectivity index (χ0v) is 18.5. The molecule has 2 fully saturated rings. The molecule has 0 heterocycles. The van der Waals surface area contributed by atoms with Gasteiger partial charge in [-0.15, -0.1) is 0 Å². The monoisotopic (exact) mass is 425 g/mol. The Hall–Kier alpha value is -2.56. The maximum Gasteiger partial charge on any atom is 0.503 e. The zero-order valence-electron chi connectivity index (χ0n) is 18.5. The van der Waals surface area contributed by atoms with E-state index >= 15 is 0 Å². The maximum absolute atomic E-state index is 8.56. The van der Waals surface area contributed by atoms with Gasteiger partial charge in [-0.05, 0) is 91.7 Å². The summed E-state index contributed by atoms with van der Waals surface area (Å²) < 4.78 is 0. The van der Waals surface area contributed by atoms with Gasteiger partial charge in [0.25, 0.3) is 0 Å². The van der Waals surface area contributed by atoms with E-state index in [4.69, 9.17) is 20.2 Å². The molecule has 31 heavy (non-hydrogen) atoms. The smallest absolute Gasteiger partial charge is 0.450 e. The average Bonchev–Trinajstić information content (AvgIpc) is 3.16. The summed E-state index contributed by atoms with van der Waals surface area (Å²) in [6.07, 6.45) is 16.6. The van der Waals surface area contributed by atoms with Crippen LogP contribution in [0.25, 0.3) is 0 Å². The van der Waals surface area contributed by atoms with E-state index in [0.717, 1.165) is 17.4 Å². The molecule has 2 unspecified atom stereocenters. The number of hydrogen-bond donors (Lipinski definition) is 3. The van der Waals surface area contributed by atoms with Crippen molar-refractivity contribution in [2.24, 2.45) is 22.4 Å². The average molecular weight is 426 g/mol. The van der Waals surface area contributed by atoms with E-state index in [1.807, 2.05) is 41.5 Å². The van der Waals surface area contributed by atoms with E-state index in [-0.39, 0.29) is 0 Å². The Balaban J connectivity index is 0.000000176. The predicted molar refractivity (Wildman–Crippen MR) is 123 cm³/mol. The molecule has 0 spiro atoms. The Morgan fingerprint density at radius 3 is 2.52 bits per heavy atom. The summed E-state index contributed by atoms with van der Waals surface area (Å²) >= 11 is 0. The highest BCUT2D eigenvalue weighted by Gasteiger charge is 2.48. The van der Waals surface area contributed by atoms with E-state index in [9.17, 15) is 0 Å². The minimum absolute atomic E-state index is 0.713. The van der Waals surface area contributed by atoms with Crippen molar-refractivity contribution in [3.63, 3.8) is 0 Å². The number of carboxylic acid groups (broad SMARTS) is 2. The SMILES string of the molecule is C[C@@]12CCCC1C1CCC3=CCCCC3=C1CC2.O=C(O)O.ON=Cc1ccccc1. The van der Waals surface area contributed by atoms with Gasteiger partial charge in [0.1, 0.15) is 0 Å². The first-order valence-electron chi connectivity index (χ1n) is 11.5. The number of allylic oxidation sites excluding steroid dienone is 4. The summed E-state index contributed by atoms with van der Waals surface area (Å²) in [5.41, 5.74) is 7.14. The highest BCUT2D eigenvalue weighted by atomic mass is 16.6. The molecule has 1 aromatic rings. The summed E-state index contributed by atoms with van der Waals surface area (Å²) in [4.78, 5) is 8.56. The van der Waals surface area contributed by atoms with Crippen molar-refractivity contribution < 1.29 is 20.2 Å². The number of oxime groups is 1. The Bertz CT molecular complexity index is 838. The summed E-state index contributed by atoms with van der Waals surface area (Å²) in [5, 5.41) is 24.9. The van der Waals surface area contributed by atoms with Gasteiger partial charge < -0.3 is 15.4 Å². The molecular formula is C26H35NO4. The van der Waals surface area contributed by atoms with Crippen molar-refractivity contribution in [2.75, 3.05) is 0 Å². The van der Waals surface area contributed by atoms with Gasteiger partial charge in [0.15, 0.2) is 0 Å². The molecule has 5 nitrogen and oxygen atoms in total. The molecule has 0 radical (unpaired) electrons. The van der Waals surface area contributed by atoms with Crippen LogP contribution in [-0.2, 0) is 0 Å². The van der Waals surface area contributed by atoms with Crippen LogP contribution in [0.4, 0.5) is 4.79 Å². The van der Waals surface area contributed by atoms with Gasteiger partial charge in [0.05, 0.1) is 6.21 Å². The molecule has 0 aliphatic heterocycles. The fraction of sp³-hybridized carbons (Fsp3) is 0.538. The maximum atomic E-state index is 8.56. The zero-order chi connectivity index (χ0) is 22.3. The fourth-order valence-corrected chi connectivity index (χ4v) is 6.23. The van der Waals surface area contributed by atoms with E-state index in [1.165, 1.54) is 70.4 Å². The number of hydrogen-bond acceptors (Lipinski definition) is 3. The fourth-order valence-electron chi connectivity index (χ4n) is 6.23. The third-order valence-electron chi connectivity index (χ3n) is 7.58. The molecule has 168 valence electrons. The van der Waals surface area contributed by atoms with Crippen molar-refractivity contribution >= 4 is 12.4 Å². The lowest BCUT2D eigenvalue weighted by atomic mass is 9.58. The Labute approximate surface area is 185 Å². The first-order chi connectivity index (χ1) is 14.9. The van der Waals surface area contributed by atoms with Crippen LogP contribution in [0.15, 0.2) is 58.3 Å². The predicted octanol–water partition coefficient (Wildman–Crippen LogP) is 7.12. The van der Waals surface area contributed by atoms with Crippen LogP contribution in [0.1, 0.15) is 76.7 Å². The van der Waals surface area contributed by atoms with Crippen molar-refractivity contribution in [1.82, 2.24) is 0 Å². The molecule has 0 amide bonds. The molecular weight excluding hydrogens is 390 g/mol. The van der Waals surface area contributed by atoms with Gasteiger partial charge in [0.2, 0.25) is 0 Å². The number of benzene rings is 1. The van der Waals surface area contributed by atoms with Crippen molar-refractivity contribution in [3.8, 4) is 0 Å². The third kappa shape index (κ3) is 5.78. The number of carbonyl (C=O) groups is 1. The molecule has 4 aliphatic carbocycles. The molecule has 0 bridgehead atoms. The Kier molecular flexibility index (Phi) is 7.94. The summed E-state index contributed by atoms with van der Waals surface area (Å²) in [6, 6.07) is 9.40. The van der Waals surface area contributed by atoms with E-state index < -0.39 is 6.16 Å². The van der Waals surface area contributed by atoms with Crippen molar-refractivity contribution in [2.45, 2.75) is 71.1 Å². The molecule has 5 heteroatoms. The van der Waals surface area contributed by atoms with Crippen molar-refractivity contribution in [1.29, 1.82) is 0 Å².